The van der Waals surface area contributed by atoms with E-state index in [4.69, 9.17) is 0 Å². The summed E-state index contributed by atoms with van der Waals surface area (Å²) in [7, 11) is 0. The van der Waals surface area contributed by atoms with Gasteiger partial charge in [0.15, 0.2) is 0 Å². The van der Waals surface area contributed by atoms with Gasteiger partial charge in [0.05, 0.1) is 6.61 Å². The highest BCUT2D eigenvalue weighted by Gasteiger charge is 2.47. The first-order valence-electron chi connectivity index (χ1n) is 3.22. The van der Waals surface area contributed by atoms with Crippen LogP contribution >= 0.6 is 0 Å². The van der Waals surface area contributed by atoms with E-state index in [9.17, 15) is 27.2 Å². The third-order valence-corrected chi connectivity index (χ3v) is 1.00. The van der Waals surface area contributed by atoms with E-state index in [1.54, 1.807) is 0 Å². The molecule has 4 nitrogen and oxygen atoms in total. The maximum absolute atomic E-state index is 12.3. The lowest BCUT2D eigenvalue weighted by atomic mass is 10.2. The summed E-state index contributed by atoms with van der Waals surface area (Å²) in [5, 5.41) is 0. The third-order valence-electron chi connectivity index (χ3n) is 1.00. The van der Waals surface area contributed by atoms with Gasteiger partial charge < -0.3 is 10.2 Å². The molecule has 0 aliphatic rings. The van der Waals surface area contributed by atoms with Gasteiger partial charge >= 0.3 is 12.1 Å². The molecule has 0 spiro atoms. The van der Waals surface area contributed by atoms with E-state index in [2.05, 4.69) is 4.74 Å². The van der Waals surface area contributed by atoms with Gasteiger partial charge in [0.25, 0.3) is 12.0 Å². The molecule has 0 aliphatic heterocycles. The minimum absolute atomic E-state index is 0. The largest absolute Gasteiger partial charge is 0.463 e. The van der Waals surface area contributed by atoms with Gasteiger partial charge in [-0.3, -0.25) is 4.79 Å². The van der Waals surface area contributed by atoms with Crippen LogP contribution in [0, 0.1) is 0 Å². The monoisotopic (exact) mass is 220 g/mol. The first kappa shape index (κ1) is 15.3. The van der Waals surface area contributed by atoms with Crippen molar-refractivity contribution < 1.29 is 37.4 Å². The number of Topliss-reactive ketones (excluding diaryl/α,β-unsaturated/α-hetero) is 1. The maximum atomic E-state index is 12.3. The van der Waals surface area contributed by atoms with Crippen molar-refractivity contribution in [2.75, 3.05) is 6.61 Å². The minimum atomic E-state index is -5.35. The van der Waals surface area contributed by atoms with Crippen LogP contribution in [0.5, 0.6) is 0 Å². The van der Waals surface area contributed by atoms with Gasteiger partial charge in [-0.15, -0.1) is 0 Å². The van der Waals surface area contributed by atoms with Gasteiger partial charge in [-0.25, -0.2) is 9.18 Å². The number of ketones is 1. The topological polar surface area (TPSA) is 74.9 Å². The second kappa shape index (κ2) is 5.53. The molecule has 0 heterocycles. The van der Waals surface area contributed by atoms with Crippen LogP contribution in [0.1, 0.15) is 6.92 Å². The molecule has 0 radical (unpaired) electrons. The molecule has 84 valence electrons. The van der Waals surface area contributed by atoms with Crippen LogP contribution in [-0.2, 0) is 14.3 Å². The Morgan fingerprint density at radius 3 is 2.07 bits per heavy atom. The fourth-order valence-electron chi connectivity index (χ4n) is 0.466. The summed E-state index contributed by atoms with van der Waals surface area (Å²) in [5.41, 5.74) is 0. The fraction of sp³-hybridized carbons (Fsp3) is 0.667. The van der Waals surface area contributed by atoms with E-state index >= 15 is 0 Å². The SMILES string of the molecule is CCOC(=O)C(F)C(=O)C(F)(F)F.O. The Bertz CT molecular complexity index is 212. The fourth-order valence-corrected chi connectivity index (χ4v) is 0.466. The molecule has 0 bridgehead atoms. The van der Waals surface area contributed by atoms with E-state index in [1.807, 2.05) is 0 Å². The van der Waals surface area contributed by atoms with Gasteiger partial charge in [-0.05, 0) is 6.92 Å². The van der Waals surface area contributed by atoms with Crippen molar-refractivity contribution in [1.29, 1.82) is 0 Å². The molecule has 1 unspecified atom stereocenters. The number of carbonyl (C=O) groups is 2. The summed E-state index contributed by atoms with van der Waals surface area (Å²) >= 11 is 0. The summed E-state index contributed by atoms with van der Waals surface area (Å²) in [6.07, 6.45) is -8.63. The van der Waals surface area contributed by atoms with Crippen LogP contribution in [0.15, 0.2) is 0 Å². The predicted octanol–water partition coefficient (Wildman–Crippen LogP) is 0.194. The zero-order valence-corrected chi connectivity index (χ0v) is 7.02. The summed E-state index contributed by atoms with van der Waals surface area (Å²) in [6, 6.07) is 0. The van der Waals surface area contributed by atoms with E-state index in [-0.39, 0.29) is 12.1 Å². The average Bonchev–Trinajstić information content (AvgIpc) is 2.00. The van der Waals surface area contributed by atoms with E-state index in [1.165, 1.54) is 6.92 Å². The number of halogens is 4. The highest BCUT2D eigenvalue weighted by atomic mass is 19.4. The molecule has 0 saturated heterocycles. The highest BCUT2D eigenvalue weighted by molar-refractivity contribution is 6.04. The smallest absolute Gasteiger partial charge is 0.453 e. The van der Waals surface area contributed by atoms with Crippen molar-refractivity contribution in [1.82, 2.24) is 0 Å². The molecule has 0 aromatic carbocycles. The second-order valence-corrected chi connectivity index (χ2v) is 1.98. The van der Waals surface area contributed by atoms with E-state index in [0.29, 0.717) is 0 Å². The number of ether oxygens (including phenoxy) is 1. The number of esters is 1. The number of carbonyl (C=O) groups excluding carboxylic acids is 2. The Hall–Kier alpha value is -1.18. The van der Waals surface area contributed by atoms with E-state index in [0.717, 1.165) is 0 Å². The Balaban J connectivity index is 0. The molecule has 0 fully saturated rings. The summed E-state index contributed by atoms with van der Waals surface area (Å²) in [6.45, 7) is 0.993. The van der Waals surface area contributed by atoms with Crippen LogP contribution in [0.2, 0.25) is 0 Å². The third kappa shape index (κ3) is 4.17. The predicted molar refractivity (Wildman–Crippen MR) is 36.2 cm³/mol. The molecule has 8 heteroatoms. The first-order valence-corrected chi connectivity index (χ1v) is 3.22. The molecule has 1 atom stereocenters. The minimum Gasteiger partial charge on any atom is -0.463 e. The molecule has 0 aromatic heterocycles. The average molecular weight is 220 g/mol. The van der Waals surface area contributed by atoms with Crippen molar-refractivity contribution >= 4 is 11.8 Å². The first-order chi connectivity index (χ1) is 5.80. The Labute approximate surface area is 76.1 Å². The molecular formula is C6H8F4O4. The van der Waals surface area contributed by atoms with Crippen molar-refractivity contribution in [2.24, 2.45) is 0 Å². The second-order valence-electron chi connectivity index (χ2n) is 1.98. The zero-order valence-electron chi connectivity index (χ0n) is 7.02. The van der Waals surface area contributed by atoms with Crippen LogP contribution < -0.4 is 0 Å². The molecular weight excluding hydrogens is 212 g/mol. The molecule has 2 N–H and O–H groups in total. The number of alkyl halides is 4. The Morgan fingerprint density at radius 2 is 1.79 bits per heavy atom. The zero-order chi connectivity index (χ0) is 10.6. The lowest BCUT2D eigenvalue weighted by Crippen LogP contribution is -2.37. The summed E-state index contributed by atoms with van der Waals surface area (Å²) in [4.78, 5) is 20.4. The van der Waals surface area contributed by atoms with Crippen LogP contribution in [-0.4, -0.2) is 36.2 Å². The maximum Gasteiger partial charge on any atom is 0.453 e. The summed E-state index contributed by atoms with van der Waals surface area (Å²) in [5.74, 6) is -4.56. The van der Waals surface area contributed by atoms with Crippen molar-refractivity contribution in [3.63, 3.8) is 0 Å². The van der Waals surface area contributed by atoms with Crippen LogP contribution in [0.25, 0.3) is 0 Å². The molecule has 0 rings (SSSR count). The quantitative estimate of drug-likeness (QED) is 0.387. The van der Waals surface area contributed by atoms with Gasteiger partial charge in [0.2, 0.25) is 0 Å². The standard InChI is InChI=1S/C6H6F4O3.H2O/c1-2-13-5(12)3(7)4(11)6(8,9)10;/h3H,2H2,1H3;1H2. The Kier molecular flexibility index (Phi) is 6.04. The van der Waals surface area contributed by atoms with Crippen LogP contribution in [0.3, 0.4) is 0 Å². The van der Waals surface area contributed by atoms with E-state index < -0.39 is 24.1 Å². The van der Waals surface area contributed by atoms with Crippen molar-refractivity contribution in [3.05, 3.63) is 0 Å². The Morgan fingerprint density at radius 1 is 1.36 bits per heavy atom. The van der Waals surface area contributed by atoms with Gasteiger partial charge in [-0.1, -0.05) is 0 Å². The van der Waals surface area contributed by atoms with Gasteiger partial charge in [0.1, 0.15) is 0 Å². The normalized spacial score (nSPS) is 12.6. The molecule has 0 aromatic rings. The number of hydrogen-bond acceptors (Lipinski definition) is 3. The van der Waals surface area contributed by atoms with Crippen LogP contribution in [0.4, 0.5) is 17.6 Å². The molecule has 0 amide bonds. The highest BCUT2D eigenvalue weighted by Crippen LogP contribution is 2.19. The van der Waals surface area contributed by atoms with Gasteiger partial charge in [0, 0.05) is 0 Å². The van der Waals surface area contributed by atoms with Crippen molar-refractivity contribution in [2.45, 2.75) is 19.3 Å². The number of hydrogen-bond donors (Lipinski definition) is 0. The lowest BCUT2D eigenvalue weighted by Gasteiger charge is -2.08. The lowest BCUT2D eigenvalue weighted by molar-refractivity contribution is -0.181. The summed E-state index contributed by atoms with van der Waals surface area (Å²) < 4.78 is 50.7. The molecule has 0 aliphatic carbocycles. The number of rotatable bonds is 3. The van der Waals surface area contributed by atoms with Crippen molar-refractivity contribution in [3.8, 4) is 0 Å². The molecule has 0 saturated carbocycles. The molecule has 14 heavy (non-hydrogen) atoms. The van der Waals surface area contributed by atoms with Gasteiger partial charge in [-0.2, -0.15) is 13.2 Å².